The van der Waals surface area contributed by atoms with Crippen molar-refractivity contribution in [2.24, 2.45) is 5.92 Å². The topological polar surface area (TPSA) is 38.8 Å². The van der Waals surface area contributed by atoms with Gasteiger partial charge in [-0.25, -0.2) is 0 Å². The van der Waals surface area contributed by atoms with Gasteiger partial charge in [-0.1, -0.05) is 12.1 Å². The SMILES string of the molecule is CCOCC1CCCN(C(=O)CCc2cccc(OC3CCCC3)c2)C1. The van der Waals surface area contributed by atoms with E-state index in [1.165, 1.54) is 37.7 Å². The largest absolute Gasteiger partial charge is 0.490 e. The second-order valence-electron chi connectivity index (χ2n) is 7.68. The zero-order valence-electron chi connectivity index (χ0n) is 16.1. The van der Waals surface area contributed by atoms with Gasteiger partial charge in [-0.15, -0.1) is 0 Å². The predicted molar refractivity (Wildman–Crippen MR) is 103 cm³/mol. The average molecular weight is 360 g/mol. The van der Waals surface area contributed by atoms with Gasteiger partial charge in [0.05, 0.1) is 12.7 Å². The van der Waals surface area contributed by atoms with Crippen LogP contribution in [-0.4, -0.2) is 43.2 Å². The third-order valence-corrected chi connectivity index (χ3v) is 5.56. The van der Waals surface area contributed by atoms with Crippen LogP contribution in [0.2, 0.25) is 0 Å². The fraction of sp³-hybridized carbons (Fsp3) is 0.682. The lowest BCUT2D eigenvalue weighted by molar-refractivity contribution is -0.133. The van der Waals surface area contributed by atoms with Gasteiger partial charge in [-0.2, -0.15) is 0 Å². The van der Waals surface area contributed by atoms with Gasteiger partial charge in [0.25, 0.3) is 0 Å². The highest BCUT2D eigenvalue weighted by Crippen LogP contribution is 2.25. The molecule has 1 aromatic carbocycles. The Labute approximate surface area is 157 Å². The minimum atomic E-state index is 0.272. The van der Waals surface area contributed by atoms with Crippen molar-refractivity contribution in [2.75, 3.05) is 26.3 Å². The van der Waals surface area contributed by atoms with Crippen LogP contribution < -0.4 is 4.74 Å². The number of hydrogen-bond acceptors (Lipinski definition) is 3. The van der Waals surface area contributed by atoms with Gasteiger partial charge in [0.1, 0.15) is 5.75 Å². The minimum Gasteiger partial charge on any atom is -0.490 e. The number of aryl methyl sites for hydroxylation is 1. The molecule has 1 heterocycles. The molecule has 0 N–H and O–H groups in total. The number of likely N-dealkylation sites (tertiary alicyclic amines) is 1. The molecule has 2 aliphatic rings. The fourth-order valence-corrected chi connectivity index (χ4v) is 4.09. The third kappa shape index (κ3) is 5.73. The Morgan fingerprint density at radius 2 is 2.04 bits per heavy atom. The van der Waals surface area contributed by atoms with Gasteiger partial charge < -0.3 is 14.4 Å². The summed E-state index contributed by atoms with van der Waals surface area (Å²) >= 11 is 0. The van der Waals surface area contributed by atoms with Gasteiger partial charge in [-0.3, -0.25) is 4.79 Å². The molecule has 0 aromatic heterocycles. The van der Waals surface area contributed by atoms with Gasteiger partial charge >= 0.3 is 0 Å². The quantitative estimate of drug-likeness (QED) is 0.698. The Morgan fingerprint density at radius 3 is 2.85 bits per heavy atom. The average Bonchev–Trinajstić information content (AvgIpc) is 3.18. The molecule has 3 rings (SSSR count). The second-order valence-corrected chi connectivity index (χ2v) is 7.68. The van der Waals surface area contributed by atoms with Crippen LogP contribution in [0.25, 0.3) is 0 Å². The number of nitrogens with zero attached hydrogens (tertiary/aromatic N) is 1. The first kappa shape index (κ1) is 19.2. The van der Waals surface area contributed by atoms with Crippen molar-refractivity contribution in [2.45, 2.75) is 64.4 Å². The van der Waals surface area contributed by atoms with Crippen molar-refractivity contribution in [3.63, 3.8) is 0 Å². The van der Waals surface area contributed by atoms with Crippen LogP contribution in [0.1, 0.15) is 57.4 Å². The summed E-state index contributed by atoms with van der Waals surface area (Å²) in [6.07, 6.45) is 8.89. The smallest absolute Gasteiger partial charge is 0.222 e. The monoisotopic (exact) mass is 359 g/mol. The van der Waals surface area contributed by atoms with Crippen LogP contribution in [0.3, 0.4) is 0 Å². The third-order valence-electron chi connectivity index (χ3n) is 5.56. The summed E-state index contributed by atoms with van der Waals surface area (Å²) in [6, 6.07) is 8.29. The first-order valence-electron chi connectivity index (χ1n) is 10.4. The molecular formula is C22H33NO3. The van der Waals surface area contributed by atoms with Gasteiger partial charge in [0.2, 0.25) is 5.91 Å². The number of benzene rings is 1. The van der Waals surface area contributed by atoms with E-state index in [9.17, 15) is 4.79 Å². The van der Waals surface area contributed by atoms with E-state index < -0.39 is 0 Å². The van der Waals surface area contributed by atoms with Gasteiger partial charge in [0, 0.05) is 26.1 Å². The highest BCUT2D eigenvalue weighted by Gasteiger charge is 2.23. The molecular weight excluding hydrogens is 326 g/mol. The number of amides is 1. The van der Waals surface area contributed by atoms with Crippen molar-refractivity contribution in [3.8, 4) is 5.75 Å². The summed E-state index contributed by atoms with van der Waals surface area (Å²) in [5.74, 6) is 1.72. The zero-order chi connectivity index (χ0) is 18.2. The van der Waals surface area contributed by atoms with Crippen molar-refractivity contribution in [1.29, 1.82) is 0 Å². The zero-order valence-corrected chi connectivity index (χ0v) is 16.1. The first-order chi connectivity index (χ1) is 12.7. The van der Waals surface area contributed by atoms with Gasteiger partial charge in [-0.05, 0) is 75.5 Å². The van der Waals surface area contributed by atoms with E-state index in [0.29, 0.717) is 18.4 Å². The number of hydrogen-bond donors (Lipinski definition) is 0. The van der Waals surface area contributed by atoms with Crippen LogP contribution in [0.4, 0.5) is 0 Å². The molecule has 1 aliphatic carbocycles. The molecule has 2 fully saturated rings. The van der Waals surface area contributed by atoms with Crippen LogP contribution >= 0.6 is 0 Å². The summed E-state index contributed by atoms with van der Waals surface area (Å²) < 4.78 is 11.6. The summed E-state index contributed by atoms with van der Waals surface area (Å²) in [6.45, 7) is 5.30. The molecule has 0 spiro atoms. The van der Waals surface area contributed by atoms with E-state index in [4.69, 9.17) is 9.47 Å². The summed E-state index contributed by atoms with van der Waals surface area (Å²) in [5.41, 5.74) is 1.19. The molecule has 1 unspecified atom stereocenters. The number of ether oxygens (including phenoxy) is 2. The number of rotatable bonds is 8. The molecule has 1 saturated carbocycles. The number of piperidine rings is 1. The van der Waals surface area contributed by atoms with Crippen LogP contribution in [0.5, 0.6) is 5.75 Å². The Hall–Kier alpha value is -1.55. The molecule has 1 atom stereocenters. The van der Waals surface area contributed by atoms with E-state index >= 15 is 0 Å². The normalized spacial score (nSPS) is 21.1. The number of carbonyl (C=O) groups excluding carboxylic acids is 1. The maximum absolute atomic E-state index is 12.6. The predicted octanol–water partition coefficient (Wildman–Crippen LogP) is 4.22. The van der Waals surface area contributed by atoms with Crippen LogP contribution in [-0.2, 0) is 16.0 Å². The van der Waals surface area contributed by atoms with E-state index in [1.54, 1.807) is 0 Å². The molecule has 26 heavy (non-hydrogen) atoms. The number of carbonyl (C=O) groups is 1. The van der Waals surface area contributed by atoms with Crippen LogP contribution in [0.15, 0.2) is 24.3 Å². The van der Waals surface area contributed by atoms with E-state index in [-0.39, 0.29) is 5.91 Å². The maximum atomic E-state index is 12.6. The van der Waals surface area contributed by atoms with Crippen molar-refractivity contribution in [1.82, 2.24) is 4.90 Å². The lowest BCUT2D eigenvalue weighted by Gasteiger charge is -2.32. The minimum absolute atomic E-state index is 0.272. The van der Waals surface area contributed by atoms with Gasteiger partial charge in [0.15, 0.2) is 0 Å². The highest BCUT2D eigenvalue weighted by molar-refractivity contribution is 5.76. The Balaban J connectivity index is 1.46. The summed E-state index contributed by atoms with van der Waals surface area (Å²) in [4.78, 5) is 14.6. The molecule has 1 amide bonds. The molecule has 0 bridgehead atoms. The lowest BCUT2D eigenvalue weighted by Crippen LogP contribution is -2.41. The summed E-state index contributed by atoms with van der Waals surface area (Å²) in [5, 5.41) is 0. The molecule has 144 valence electrons. The van der Waals surface area contributed by atoms with E-state index in [0.717, 1.165) is 44.9 Å². The Kier molecular flexibility index (Phi) is 7.36. The molecule has 0 radical (unpaired) electrons. The molecule has 4 heteroatoms. The van der Waals surface area contributed by atoms with E-state index in [1.807, 2.05) is 24.0 Å². The standard InChI is InChI=1S/C22H33NO3/c1-2-25-17-19-8-6-14-23(16-19)22(24)13-12-18-7-5-11-21(15-18)26-20-9-3-4-10-20/h5,7,11,15,19-20H,2-4,6,8-10,12-14,16-17H2,1H3. The van der Waals surface area contributed by atoms with Crippen molar-refractivity contribution < 1.29 is 14.3 Å². The van der Waals surface area contributed by atoms with E-state index in [2.05, 4.69) is 12.1 Å². The van der Waals surface area contributed by atoms with Crippen molar-refractivity contribution in [3.05, 3.63) is 29.8 Å². The van der Waals surface area contributed by atoms with Crippen LogP contribution in [0, 0.1) is 5.92 Å². The maximum Gasteiger partial charge on any atom is 0.222 e. The first-order valence-corrected chi connectivity index (χ1v) is 10.4. The fourth-order valence-electron chi connectivity index (χ4n) is 4.09. The Bertz CT molecular complexity index is 568. The highest BCUT2D eigenvalue weighted by atomic mass is 16.5. The second kappa shape index (κ2) is 9.96. The van der Waals surface area contributed by atoms with Crippen molar-refractivity contribution >= 4 is 5.91 Å². The Morgan fingerprint density at radius 1 is 1.19 bits per heavy atom. The molecule has 1 aliphatic heterocycles. The lowest BCUT2D eigenvalue weighted by atomic mass is 9.98. The summed E-state index contributed by atoms with van der Waals surface area (Å²) in [7, 11) is 0. The molecule has 4 nitrogen and oxygen atoms in total. The molecule has 1 aromatic rings. The molecule has 1 saturated heterocycles.